The second-order valence-electron chi connectivity index (χ2n) is 7.22. The second kappa shape index (κ2) is 10.9. The average Bonchev–Trinajstić information content (AvgIpc) is 2.71. The highest BCUT2D eigenvalue weighted by atomic mass is 19.1. The minimum Gasteiger partial charge on any atom is -0.445 e. The first-order chi connectivity index (χ1) is 14.3. The second-order valence-corrected chi connectivity index (χ2v) is 7.22. The number of ether oxygens (including phenoxy) is 1. The van der Waals surface area contributed by atoms with Gasteiger partial charge in [0.1, 0.15) is 24.5 Å². The molecule has 0 saturated heterocycles. The summed E-state index contributed by atoms with van der Waals surface area (Å²) in [5.74, 6) is -1.97. The lowest BCUT2D eigenvalue weighted by atomic mass is 10.0. The number of carbonyl (C=O) groups is 3. The fourth-order valence-electron chi connectivity index (χ4n) is 2.77. The molecule has 160 valence electrons. The van der Waals surface area contributed by atoms with Crippen LogP contribution in [0.4, 0.5) is 9.18 Å². The molecule has 0 bridgehead atoms. The predicted octanol–water partition coefficient (Wildman–Crippen LogP) is 2.29. The van der Waals surface area contributed by atoms with Crippen LogP contribution in [0, 0.1) is 11.7 Å². The Hall–Kier alpha value is -3.42. The molecule has 0 saturated carbocycles. The summed E-state index contributed by atoms with van der Waals surface area (Å²) in [6.07, 6.45) is -0.646. The monoisotopic (exact) mass is 415 g/mol. The van der Waals surface area contributed by atoms with E-state index in [9.17, 15) is 18.8 Å². The molecule has 0 unspecified atom stereocenters. The Morgan fingerprint density at radius 3 is 2.17 bits per heavy atom. The molecular formula is C22H26FN3O4. The van der Waals surface area contributed by atoms with Gasteiger partial charge in [0.2, 0.25) is 11.8 Å². The van der Waals surface area contributed by atoms with Gasteiger partial charge in [0.15, 0.2) is 0 Å². The van der Waals surface area contributed by atoms with Gasteiger partial charge in [0.25, 0.3) is 0 Å². The summed E-state index contributed by atoms with van der Waals surface area (Å²) in [7, 11) is 0. The first-order valence-corrected chi connectivity index (χ1v) is 9.57. The van der Waals surface area contributed by atoms with E-state index in [0.29, 0.717) is 5.56 Å². The zero-order chi connectivity index (χ0) is 22.1. The van der Waals surface area contributed by atoms with Crippen LogP contribution in [0.3, 0.4) is 0 Å². The summed E-state index contributed by atoms with van der Waals surface area (Å²) in [6.45, 7) is 3.57. The molecule has 4 N–H and O–H groups in total. The van der Waals surface area contributed by atoms with Gasteiger partial charge in [-0.3, -0.25) is 9.59 Å². The maximum Gasteiger partial charge on any atom is 0.408 e. The van der Waals surface area contributed by atoms with Crippen molar-refractivity contribution in [2.45, 2.75) is 39.0 Å². The number of nitrogens with one attached hydrogen (secondary N) is 2. The van der Waals surface area contributed by atoms with Crippen LogP contribution >= 0.6 is 0 Å². The Morgan fingerprint density at radius 1 is 0.967 bits per heavy atom. The van der Waals surface area contributed by atoms with Gasteiger partial charge in [-0.1, -0.05) is 56.3 Å². The number of primary amides is 1. The molecule has 0 fully saturated rings. The Morgan fingerprint density at radius 2 is 1.60 bits per heavy atom. The van der Waals surface area contributed by atoms with Crippen LogP contribution in [0.25, 0.3) is 0 Å². The topological polar surface area (TPSA) is 111 Å². The number of benzene rings is 2. The largest absolute Gasteiger partial charge is 0.445 e. The molecule has 0 aliphatic carbocycles. The molecule has 2 aromatic carbocycles. The smallest absolute Gasteiger partial charge is 0.408 e. The fourth-order valence-corrected chi connectivity index (χ4v) is 2.77. The maximum absolute atomic E-state index is 13.1. The third-order valence-electron chi connectivity index (χ3n) is 4.45. The lowest BCUT2D eigenvalue weighted by molar-refractivity contribution is -0.129. The molecule has 2 rings (SSSR count). The van der Waals surface area contributed by atoms with Crippen LogP contribution in [-0.2, 0) is 27.4 Å². The van der Waals surface area contributed by atoms with Crippen LogP contribution in [0.2, 0.25) is 0 Å². The highest BCUT2D eigenvalue weighted by Crippen LogP contribution is 2.08. The molecular weight excluding hydrogens is 389 g/mol. The number of hydrogen-bond donors (Lipinski definition) is 3. The van der Waals surface area contributed by atoms with E-state index < -0.39 is 35.8 Å². The SMILES string of the molecule is CC(C)[C@@H](NC(=O)OCc1ccccc1)C(=O)N[C@H](Cc1ccc(F)cc1)C(N)=O. The van der Waals surface area contributed by atoms with Crippen LogP contribution in [0.15, 0.2) is 54.6 Å². The summed E-state index contributed by atoms with van der Waals surface area (Å²) in [5.41, 5.74) is 6.86. The van der Waals surface area contributed by atoms with E-state index in [-0.39, 0.29) is 18.9 Å². The van der Waals surface area contributed by atoms with Gasteiger partial charge < -0.3 is 21.1 Å². The Kier molecular flexibility index (Phi) is 8.34. The van der Waals surface area contributed by atoms with Crippen molar-refractivity contribution in [3.8, 4) is 0 Å². The van der Waals surface area contributed by atoms with E-state index in [2.05, 4.69) is 10.6 Å². The van der Waals surface area contributed by atoms with Crippen LogP contribution in [0.1, 0.15) is 25.0 Å². The quantitative estimate of drug-likeness (QED) is 0.584. The maximum atomic E-state index is 13.1. The van der Waals surface area contributed by atoms with Crippen molar-refractivity contribution in [2.24, 2.45) is 11.7 Å². The van der Waals surface area contributed by atoms with Gasteiger partial charge in [-0.25, -0.2) is 9.18 Å². The Balaban J connectivity index is 1.97. The molecule has 0 radical (unpaired) electrons. The molecule has 0 spiro atoms. The van der Waals surface area contributed by atoms with Gasteiger partial charge in [-0.15, -0.1) is 0 Å². The predicted molar refractivity (Wildman–Crippen MR) is 110 cm³/mol. The first kappa shape index (κ1) is 22.9. The number of halogens is 1. The Bertz CT molecular complexity index is 856. The molecule has 30 heavy (non-hydrogen) atoms. The van der Waals surface area contributed by atoms with Crippen molar-refractivity contribution in [3.63, 3.8) is 0 Å². The van der Waals surface area contributed by atoms with Crippen molar-refractivity contribution in [1.29, 1.82) is 0 Å². The zero-order valence-corrected chi connectivity index (χ0v) is 16.9. The summed E-state index contributed by atoms with van der Waals surface area (Å²) in [6, 6.07) is 12.7. The molecule has 0 aromatic heterocycles. The number of alkyl carbamates (subject to hydrolysis) is 1. The zero-order valence-electron chi connectivity index (χ0n) is 16.9. The molecule has 7 nitrogen and oxygen atoms in total. The third kappa shape index (κ3) is 7.20. The molecule has 8 heteroatoms. The lowest BCUT2D eigenvalue weighted by Gasteiger charge is -2.24. The number of amides is 3. The van der Waals surface area contributed by atoms with Gasteiger partial charge in [-0.05, 0) is 29.2 Å². The minimum atomic E-state index is -1.01. The summed E-state index contributed by atoms with van der Waals surface area (Å²) in [4.78, 5) is 36.6. The van der Waals surface area contributed by atoms with Gasteiger partial charge in [0.05, 0.1) is 0 Å². The highest BCUT2D eigenvalue weighted by Gasteiger charge is 2.28. The van der Waals surface area contributed by atoms with Crippen LogP contribution in [0.5, 0.6) is 0 Å². The van der Waals surface area contributed by atoms with Crippen molar-refractivity contribution in [1.82, 2.24) is 10.6 Å². The molecule has 2 atom stereocenters. The van der Waals surface area contributed by atoms with Crippen molar-refractivity contribution >= 4 is 17.9 Å². The van der Waals surface area contributed by atoms with E-state index in [1.54, 1.807) is 13.8 Å². The highest BCUT2D eigenvalue weighted by molar-refractivity contribution is 5.91. The van der Waals surface area contributed by atoms with E-state index >= 15 is 0 Å². The third-order valence-corrected chi connectivity index (χ3v) is 4.45. The average molecular weight is 415 g/mol. The molecule has 0 aliphatic rings. The lowest BCUT2D eigenvalue weighted by Crippen LogP contribution is -2.55. The number of hydrogen-bond acceptors (Lipinski definition) is 4. The molecule has 0 aliphatic heterocycles. The van der Waals surface area contributed by atoms with E-state index in [1.807, 2.05) is 30.3 Å². The normalized spacial score (nSPS) is 12.7. The summed E-state index contributed by atoms with van der Waals surface area (Å²) >= 11 is 0. The molecule has 0 heterocycles. The van der Waals surface area contributed by atoms with E-state index in [1.165, 1.54) is 24.3 Å². The van der Waals surface area contributed by atoms with Gasteiger partial charge in [-0.2, -0.15) is 0 Å². The standard InChI is InChI=1S/C22H26FN3O4/c1-14(2)19(26-22(29)30-13-16-6-4-3-5-7-16)21(28)25-18(20(24)27)12-15-8-10-17(23)11-9-15/h3-11,14,18-19H,12-13H2,1-2H3,(H2,24,27)(H,25,28)(H,26,29)/t18-,19-/m1/s1. The van der Waals surface area contributed by atoms with Crippen LogP contribution < -0.4 is 16.4 Å². The summed E-state index contributed by atoms with van der Waals surface area (Å²) in [5, 5.41) is 5.09. The van der Waals surface area contributed by atoms with E-state index in [4.69, 9.17) is 10.5 Å². The van der Waals surface area contributed by atoms with Gasteiger partial charge in [0, 0.05) is 6.42 Å². The van der Waals surface area contributed by atoms with Crippen LogP contribution in [-0.4, -0.2) is 30.0 Å². The van der Waals surface area contributed by atoms with Gasteiger partial charge >= 0.3 is 6.09 Å². The molecule has 2 aromatic rings. The van der Waals surface area contributed by atoms with Crippen molar-refractivity contribution in [2.75, 3.05) is 0 Å². The Labute approximate surface area is 174 Å². The number of nitrogens with two attached hydrogens (primary N) is 1. The fraction of sp³-hybridized carbons (Fsp3) is 0.318. The first-order valence-electron chi connectivity index (χ1n) is 9.57. The van der Waals surface area contributed by atoms with E-state index in [0.717, 1.165) is 5.56 Å². The molecule has 3 amide bonds. The van der Waals surface area contributed by atoms with Crippen molar-refractivity contribution < 1.29 is 23.5 Å². The minimum absolute atomic E-state index is 0.0631. The number of carbonyl (C=O) groups excluding carboxylic acids is 3. The number of rotatable bonds is 9. The van der Waals surface area contributed by atoms with Crippen molar-refractivity contribution in [3.05, 3.63) is 71.5 Å². The summed E-state index contributed by atoms with van der Waals surface area (Å²) < 4.78 is 18.2.